The number of fused-ring (bicyclic) bond motifs is 3. The Bertz CT molecular complexity index is 1250. The van der Waals surface area contributed by atoms with Crippen LogP contribution in [0.2, 0.25) is 0 Å². The van der Waals surface area contributed by atoms with Crippen molar-refractivity contribution in [1.82, 2.24) is 19.8 Å². The highest BCUT2D eigenvalue weighted by molar-refractivity contribution is 5.94. The molecule has 5 rings (SSSR count). The predicted molar refractivity (Wildman–Crippen MR) is 145 cm³/mol. The molecule has 2 bridgehead atoms. The van der Waals surface area contributed by atoms with Gasteiger partial charge in [-0.3, -0.25) is 24.1 Å². The van der Waals surface area contributed by atoms with E-state index in [1.165, 1.54) is 44.9 Å². The molecule has 1 aliphatic carbocycles. The Hall–Kier alpha value is -3.27. The number of amides is 1. The zero-order valence-electron chi connectivity index (χ0n) is 22.3. The van der Waals surface area contributed by atoms with Gasteiger partial charge in [0.2, 0.25) is 0 Å². The molecular weight excluding hydrogens is 500 g/mol. The highest BCUT2D eigenvalue weighted by Gasteiger charge is 2.44. The fraction of sp³-hybridized carbons (Fsp3) is 0.621. The zero-order valence-corrected chi connectivity index (χ0v) is 22.3. The standard InChI is InChI=1S/C29H38N4O6/c34-25(35)14-18(15-26(36)37)30-28(38)27-29(39)33(24-11-7-6-10-23(24)31-27)22-16-20-12-13-21(17-22)32(20)19-8-4-2-1-3-5-9-19/h6-7,10-11,18-22H,1-5,8-9,12-17H2,(H,30,38)(H,34,35)(H,36,37)/t20-,21+,22+. The van der Waals surface area contributed by atoms with Gasteiger partial charge < -0.3 is 20.1 Å². The van der Waals surface area contributed by atoms with Crippen molar-refractivity contribution < 1.29 is 24.6 Å². The van der Waals surface area contributed by atoms with Crippen molar-refractivity contribution in [3.05, 3.63) is 40.3 Å². The van der Waals surface area contributed by atoms with Crippen molar-refractivity contribution in [2.45, 2.75) is 114 Å². The van der Waals surface area contributed by atoms with Gasteiger partial charge in [-0.05, 0) is 50.7 Å². The van der Waals surface area contributed by atoms with Crippen molar-refractivity contribution in [3.8, 4) is 0 Å². The maximum absolute atomic E-state index is 13.8. The molecule has 210 valence electrons. The summed E-state index contributed by atoms with van der Waals surface area (Å²) in [6.07, 6.45) is 11.8. The Balaban J connectivity index is 1.44. The minimum absolute atomic E-state index is 0.0758. The van der Waals surface area contributed by atoms with Crippen LogP contribution in [0.3, 0.4) is 0 Å². The third-order valence-electron chi connectivity index (χ3n) is 8.81. The number of carboxylic acid groups (broad SMARTS) is 2. The Morgan fingerprint density at radius 2 is 1.44 bits per heavy atom. The summed E-state index contributed by atoms with van der Waals surface area (Å²) < 4.78 is 1.72. The Morgan fingerprint density at radius 3 is 2.05 bits per heavy atom. The second-order valence-corrected chi connectivity index (χ2v) is 11.4. The van der Waals surface area contributed by atoms with Crippen LogP contribution in [0.4, 0.5) is 0 Å². The van der Waals surface area contributed by atoms with Crippen molar-refractivity contribution in [2.24, 2.45) is 0 Å². The Kier molecular flexibility index (Phi) is 8.30. The van der Waals surface area contributed by atoms with Crippen LogP contribution in [0.25, 0.3) is 11.0 Å². The van der Waals surface area contributed by atoms with Crippen molar-refractivity contribution in [3.63, 3.8) is 0 Å². The summed E-state index contributed by atoms with van der Waals surface area (Å²) in [4.78, 5) is 56.6. The largest absolute Gasteiger partial charge is 0.481 e. The molecule has 3 atom stereocenters. The first-order chi connectivity index (χ1) is 18.8. The van der Waals surface area contributed by atoms with Crippen LogP contribution in [0.15, 0.2) is 29.1 Å². The smallest absolute Gasteiger partial charge is 0.305 e. The van der Waals surface area contributed by atoms with E-state index in [9.17, 15) is 19.2 Å². The van der Waals surface area contributed by atoms with E-state index in [-0.39, 0.29) is 11.7 Å². The van der Waals surface area contributed by atoms with E-state index in [0.717, 1.165) is 25.7 Å². The fourth-order valence-corrected chi connectivity index (χ4v) is 7.24. The van der Waals surface area contributed by atoms with Crippen LogP contribution in [0.1, 0.15) is 100 Å². The molecule has 2 aliphatic heterocycles. The number of nitrogens with one attached hydrogen (secondary N) is 1. The van der Waals surface area contributed by atoms with Gasteiger partial charge in [-0.1, -0.05) is 44.2 Å². The summed E-state index contributed by atoms with van der Waals surface area (Å²) in [7, 11) is 0. The number of benzene rings is 1. The molecule has 1 saturated carbocycles. The Morgan fingerprint density at radius 1 is 0.846 bits per heavy atom. The molecule has 1 amide bonds. The van der Waals surface area contributed by atoms with E-state index < -0.39 is 42.3 Å². The quantitative estimate of drug-likeness (QED) is 0.462. The van der Waals surface area contributed by atoms with E-state index in [1.54, 1.807) is 16.7 Å². The summed E-state index contributed by atoms with van der Waals surface area (Å²) in [5.41, 5.74) is 0.337. The van der Waals surface area contributed by atoms with E-state index in [2.05, 4.69) is 15.2 Å². The molecule has 3 fully saturated rings. The predicted octanol–water partition coefficient (Wildman–Crippen LogP) is 3.73. The first kappa shape index (κ1) is 27.3. The maximum Gasteiger partial charge on any atom is 0.305 e. The molecule has 2 saturated heterocycles. The lowest BCUT2D eigenvalue weighted by atomic mass is 9.89. The van der Waals surface area contributed by atoms with Crippen molar-refractivity contribution in [1.29, 1.82) is 0 Å². The number of para-hydroxylation sites is 2. The van der Waals surface area contributed by atoms with Gasteiger partial charge >= 0.3 is 11.9 Å². The first-order valence-electron chi connectivity index (χ1n) is 14.3. The number of hydrogen-bond acceptors (Lipinski definition) is 6. The number of hydrogen-bond donors (Lipinski definition) is 3. The number of piperidine rings is 1. The molecule has 0 radical (unpaired) electrons. The summed E-state index contributed by atoms with van der Waals surface area (Å²) in [6.45, 7) is 0. The van der Waals surface area contributed by atoms with Gasteiger partial charge in [-0.25, -0.2) is 4.98 Å². The Labute approximate surface area is 227 Å². The normalized spacial score (nSPS) is 24.4. The molecule has 3 N–H and O–H groups in total. The summed E-state index contributed by atoms with van der Waals surface area (Å²) in [6, 6.07) is 7.45. The van der Waals surface area contributed by atoms with E-state index in [1.807, 2.05) is 12.1 Å². The third-order valence-corrected chi connectivity index (χ3v) is 8.81. The topological polar surface area (TPSA) is 142 Å². The molecule has 0 unspecified atom stereocenters. The molecule has 3 heterocycles. The number of nitrogens with zero attached hydrogens (tertiary/aromatic N) is 3. The molecule has 3 aliphatic rings. The molecule has 10 heteroatoms. The van der Waals surface area contributed by atoms with E-state index in [0.29, 0.717) is 29.2 Å². The molecule has 39 heavy (non-hydrogen) atoms. The van der Waals surface area contributed by atoms with Crippen LogP contribution in [0.5, 0.6) is 0 Å². The van der Waals surface area contributed by atoms with Gasteiger partial charge in [0.05, 0.1) is 29.9 Å². The SMILES string of the molecule is O=C(O)CC(CC(=O)O)NC(=O)c1nc2ccccc2n([C@H]2C[C@H]3CC[C@@H](C2)N3C2CCCCCCC2)c1=O. The van der Waals surface area contributed by atoms with Crippen LogP contribution in [-0.4, -0.2) is 66.7 Å². The number of aliphatic carboxylic acids is 2. The molecule has 0 spiro atoms. The molecule has 2 aromatic rings. The molecule has 10 nitrogen and oxygen atoms in total. The lowest BCUT2D eigenvalue weighted by Gasteiger charge is -2.45. The average Bonchev–Trinajstić information content (AvgIpc) is 3.11. The van der Waals surface area contributed by atoms with Crippen LogP contribution < -0.4 is 10.9 Å². The number of aromatic nitrogens is 2. The average molecular weight is 539 g/mol. The van der Waals surface area contributed by atoms with Gasteiger partial charge in [-0.15, -0.1) is 0 Å². The van der Waals surface area contributed by atoms with Gasteiger partial charge in [0.25, 0.3) is 11.5 Å². The lowest BCUT2D eigenvalue weighted by molar-refractivity contribution is -0.139. The minimum atomic E-state index is -1.24. The molecule has 1 aromatic carbocycles. The summed E-state index contributed by atoms with van der Waals surface area (Å²) in [5, 5.41) is 20.8. The van der Waals surface area contributed by atoms with Gasteiger partial charge in [0.1, 0.15) is 0 Å². The van der Waals surface area contributed by atoms with Crippen LogP contribution in [-0.2, 0) is 9.59 Å². The van der Waals surface area contributed by atoms with Crippen molar-refractivity contribution >= 4 is 28.9 Å². The van der Waals surface area contributed by atoms with E-state index in [4.69, 9.17) is 10.2 Å². The lowest BCUT2D eigenvalue weighted by Crippen LogP contribution is -2.50. The van der Waals surface area contributed by atoms with Gasteiger partial charge in [-0.2, -0.15) is 0 Å². The number of carbonyl (C=O) groups excluding carboxylic acids is 1. The third kappa shape index (κ3) is 6.00. The number of carbonyl (C=O) groups is 3. The molecular formula is C29H38N4O6. The first-order valence-corrected chi connectivity index (χ1v) is 14.3. The monoisotopic (exact) mass is 538 g/mol. The van der Waals surface area contributed by atoms with Crippen LogP contribution >= 0.6 is 0 Å². The highest BCUT2D eigenvalue weighted by atomic mass is 16.4. The highest BCUT2D eigenvalue weighted by Crippen LogP contribution is 2.44. The van der Waals surface area contributed by atoms with Gasteiger partial charge in [0, 0.05) is 24.2 Å². The van der Waals surface area contributed by atoms with Crippen LogP contribution in [0, 0.1) is 0 Å². The molecule has 1 aromatic heterocycles. The second kappa shape index (κ2) is 11.9. The second-order valence-electron chi connectivity index (χ2n) is 11.4. The van der Waals surface area contributed by atoms with Gasteiger partial charge in [0.15, 0.2) is 5.69 Å². The maximum atomic E-state index is 13.8. The summed E-state index contributed by atoms with van der Waals surface area (Å²) in [5.74, 6) is -3.32. The summed E-state index contributed by atoms with van der Waals surface area (Å²) >= 11 is 0. The minimum Gasteiger partial charge on any atom is -0.481 e. The number of rotatable bonds is 8. The number of carboxylic acids is 2. The fourth-order valence-electron chi connectivity index (χ4n) is 7.24. The zero-order chi connectivity index (χ0) is 27.5. The van der Waals surface area contributed by atoms with Crippen molar-refractivity contribution in [2.75, 3.05) is 0 Å². The van der Waals surface area contributed by atoms with E-state index >= 15 is 0 Å².